The first-order valence-corrected chi connectivity index (χ1v) is 4.21. The number of alkyl halides is 1. The van der Waals surface area contributed by atoms with Gasteiger partial charge in [0.2, 0.25) is 0 Å². The van der Waals surface area contributed by atoms with E-state index in [-0.39, 0.29) is 6.42 Å². The van der Waals surface area contributed by atoms with Gasteiger partial charge in [0.05, 0.1) is 5.75 Å². The summed E-state index contributed by atoms with van der Waals surface area (Å²) in [7, 11) is -4.00. The van der Waals surface area contributed by atoms with E-state index < -0.39 is 21.4 Å². The van der Waals surface area contributed by atoms with Gasteiger partial charge in [-0.2, -0.15) is 8.42 Å². The van der Waals surface area contributed by atoms with Crippen molar-refractivity contribution in [1.29, 1.82) is 0 Å². The van der Waals surface area contributed by atoms with Gasteiger partial charge >= 0.3 is 0 Å². The Hall–Kier alpha value is 0.160. The van der Waals surface area contributed by atoms with Gasteiger partial charge in [-0.1, -0.05) is 11.6 Å². The minimum atomic E-state index is -4.00. The van der Waals surface area contributed by atoms with E-state index in [1.807, 2.05) is 0 Å². The Labute approximate surface area is 58.2 Å². The lowest BCUT2D eigenvalue weighted by Gasteiger charge is -1.94. The molecule has 0 aromatic carbocycles. The molecule has 0 fully saturated rings. The van der Waals surface area contributed by atoms with Crippen LogP contribution in [-0.2, 0) is 15.2 Å². The highest BCUT2D eigenvalue weighted by Crippen LogP contribution is 1.99. The Bertz CT molecular complexity index is 161. The van der Waals surface area contributed by atoms with Gasteiger partial charge in [-0.05, 0) is 0 Å². The second kappa shape index (κ2) is 3.36. The van der Waals surface area contributed by atoms with Gasteiger partial charge in [0.25, 0.3) is 10.1 Å². The lowest BCUT2D eigenvalue weighted by Crippen LogP contribution is -2.08. The predicted molar refractivity (Wildman–Crippen MR) is 31.4 cm³/mol. The summed E-state index contributed by atoms with van der Waals surface area (Å²) >= 11 is 4.85. The molecule has 1 atom stereocenters. The van der Waals surface area contributed by atoms with E-state index in [4.69, 9.17) is 16.2 Å². The second-order valence-corrected chi connectivity index (χ2v) is 3.54. The number of hydrogen-bond acceptors (Lipinski definition) is 2. The lowest BCUT2D eigenvalue weighted by molar-refractivity contribution is 0.155. The summed E-state index contributed by atoms with van der Waals surface area (Å²) in [6.07, 6.45) is -0.264. The van der Waals surface area contributed by atoms with Crippen molar-refractivity contribution in [3.05, 3.63) is 0 Å². The highest BCUT2D eigenvalue weighted by molar-refractivity contribution is 7.85. The Morgan fingerprint density at radius 2 is 2.00 bits per heavy atom. The molecule has 0 saturated heterocycles. The van der Waals surface area contributed by atoms with E-state index in [9.17, 15) is 13.5 Å². The molecule has 55 valence electrons. The molecule has 4 nitrogen and oxygen atoms in total. The van der Waals surface area contributed by atoms with Gasteiger partial charge in [0, 0.05) is 6.42 Å². The van der Waals surface area contributed by atoms with Crippen LogP contribution in [-0.4, -0.2) is 24.3 Å². The van der Waals surface area contributed by atoms with Crippen LogP contribution in [0.2, 0.25) is 0 Å². The monoisotopic (exact) mass is 173 g/mol. The summed E-state index contributed by atoms with van der Waals surface area (Å²) in [5, 5.41) is 9.96. The van der Waals surface area contributed by atoms with Crippen molar-refractivity contribution >= 4 is 21.7 Å². The molecule has 0 heterocycles. The molecule has 0 bridgehead atoms. The first kappa shape index (κ1) is 9.16. The molecule has 0 spiro atoms. The highest BCUT2D eigenvalue weighted by Gasteiger charge is 2.08. The van der Waals surface area contributed by atoms with E-state index in [1.165, 1.54) is 0 Å². The fraction of sp³-hybridized carbons (Fsp3) is 1.00. The van der Waals surface area contributed by atoms with Crippen LogP contribution < -0.4 is 0 Å². The quantitative estimate of drug-likeness (QED) is 0.492. The smallest absolute Gasteiger partial charge is 0.264 e. The Morgan fingerprint density at radius 3 is 2.11 bits per heavy atom. The van der Waals surface area contributed by atoms with Crippen molar-refractivity contribution < 1.29 is 18.1 Å². The number of halogens is 1. The molecule has 1 radical (unpaired) electrons. The molecule has 0 aromatic heterocycles. The van der Waals surface area contributed by atoms with E-state index in [0.717, 1.165) is 0 Å². The second-order valence-electron chi connectivity index (χ2n) is 1.48. The lowest BCUT2D eigenvalue weighted by atomic mass is 10.5. The van der Waals surface area contributed by atoms with Crippen LogP contribution >= 0.6 is 11.6 Å². The molecule has 0 amide bonds. The van der Waals surface area contributed by atoms with Crippen LogP contribution in [0.4, 0.5) is 0 Å². The van der Waals surface area contributed by atoms with Crippen LogP contribution in [0.3, 0.4) is 0 Å². The molecule has 0 saturated carbocycles. The third kappa shape index (κ3) is 8.16. The van der Waals surface area contributed by atoms with Crippen molar-refractivity contribution in [1.82, 2.24) is 0 Å². The van der Waals surface area contributed by atoms with Crippen LogP contribution in [0.5, 0.6) is 0 Å². The van der Waals surface area contributed by atoms with Crippen molar-refractivity contribution in [2.24, 2.45) is 0 Å². The Balaban J connectivity index is 3.53. The maximum absolute atomic E-state index is 9.96. The van der Waals surface area contributed by atoms with Gasteiger partial charge in [-0.3, -0.25) is 4.55 Å². The molecule has 0 rings (SSSR count). The molecular formula is C3H6ClO4S. The third-order valence-electron chi connectivity index (χ3n) is 0.603. The summed E-state index contributed by atoms with van der Waals surface area (Å²) in [6, 6.07) is 0. The van der Waals surface area contributed by atoms with Crippen molar-refractivity contribution in [2.45, 2.75) is 12.0 Å². The van der Waals surface area contributed by atoms with Gasteiger partial charge in [0.15, 0.2) is 5.56 Å². The van der Waals surface area contributed by atoms with E-state index in [1.54, 1.807) is 0 Å². The zero-order valence-corrected chi connectivity index (χ0v) is 6.02. The molecule has 0 aliphatic rings. The molecule has 0 aromatic rings. The molecule has 1 unspecified atom stereocenters. The number of hydrogen-bond donors (Lipinski definition) is 1. The van der Waals surface area contributed by atoms with Crippen LogP contribution in [0.25, 0.3) is 0 Å². The maximum atomic E-state index is 9.96. The SMILES string of the molecule is [O]C(Cl)CCS(=O)(=O)O. The molecular weight excluding hydrogens is 168 g/mol. The Kier molecular flexibility index (Phi) is 3.42. The van der Waals surface area contributed by atoms with Crippen molar-refractivity contribution in [2.75, 3.05) is 5.75 Å². The topological polar surface area (TPSA) is 74.3 Å². The van der Waals surface area contributed by atoms with Crippen LogP contribution in [0.15, 0.2) is 0 Å². The third-order valence-corrected chi connectivity index (χ3v) is 1.57. The van der Waals surface area contributed by atoms with Gasteiger partial charge in [-0.15, -0.1) is 0 Å². The summed E-state index contributed by atoms with van der Waals surface area (Å²) in [6.45, 7) is 0. The maximum Gasteiger partial charge on any atom is 0.264 e. The molecule has 9 heavy (non-hydrogen) atoms. The minimum absolute atomic E-state index is 0.264. The van der Waals surface area contributed by atoms with Crippen molar-refractivity contribution in [3.63, 3.8) is 0 Å². The van der Waals surface area contributed by atoms with Gasteiger partial charge in [-0.25, -0.2) is 5.11 Å². The summed E-state index contributed by atoms with van der Waals surface area (Å²) in [5.74, 6) is -0.565. The van der Waals surface area contributed by atoms with E-state index in [0.29, 0.717) is 0 Å². The average Bonchev–Trinajstić information content (AvgIpc) is 1.59. The highest BCUT2D eigenvalue weighted by atomic mass is 35.5. The first-order valence-electron chi connectivity index (χ1n) is 2.17. The van der Waals surface area contributed by atoms with Gasteiger partial charge < -0.3 is 0 Å². The molecule has 1 N–H and O–H groups in total. The fourth-order valence-electron chi connectivity index (χ4n) is 0.242. The normalized spacial score (nSPS) is 15.4. The Morgan fingerprint density at radius 1 is 1.56 bits per heavy atom. The molecule has 6 heteroatoms. The van der Waals surface area contributed by atoms with E-state index in [2.05, 4.69) is 0 Å². The summed E-state index contributed by atoms with van der Waals surface area (Å²) in [5.41, 5.74) is -1.45. The van der Waals surface area contributed by atoms with Crippen LogP contribution in [0.1, 0.15) is 6.42 Å². The molecule has 0 aliphatic carbocycles. The van der Waals surface area contributed by atoms with Crippen LogP contribution in [0, 0.1) is 0 Å². The largest absolute Gasteiger partial charge is 0.286 e. The zero-order valence-electron chi connectivity index (χ0n) is 4.45. The first-order chi connectivity index (χ1) is 3.92. The predicted octanol–water partition coefficient (Wildman–Crippen LogP) is 0.260. The summed E-state index contributed by atoms with van der Waals surface area (Å²) in [4.78, 5) is 0. The molecule has 0 aliphatic heterocycles. The summed E-state index contributed by atoms with van der Waals surface area (Å²) < 4.78 is 27.8. The zero-order chi connectivity index (χ0) is 7.49. The fourth-order valence-corrected chi connectivity index (χ4v) is 0.992. The van der Waals surface area contributed by atoms with E-state index >= 15 is 0 Å². The van der Waals surface area contributed by atoms with Gasteiger partial charge in [0.1, 0.15) is 0 Å². The van der Waals surface area contributed by atoms with Crippen molar-refractivity contribution in [3.8, 4) is 0 Å². The standard InChI is InChI=1S/C3H6ClO4S/c4-3(5)1-2-9(6,7)8/h3H,1-2H2,(H,6,7,8). The number of rotatable bonds is 3. The average molecular weight is 174 g/mol. The minimum Gasteiger partial charge on any atom is -0.286 e.